The first-order chi connectivity index (χ1) is 10.2. The molecule has 0 aromatic heterocycles. The van der Waals surface area contributed by atoms with E-state index in [1.54, 1.807) is 0 Å². The summed E-state index contributed by atoms with van der Waals surface area (Å²) in [5.41, 5.74) is -0.114. The highest BCUT2D eigenvalue weighted by molar-refractivity contribution is 5.91. The van der Waals surface area contributed by atoms with Gasteiger partial charge < -0.3 is 5.11 Å². The Morgan fingerprint density at radius 2 is 1.91 bits per heavy atom. The molecule has 0 radical (unpaired) electrons. The predicted molar refractivity (Wildman–Crippen MR) is 87.3 cm³/mol. The van der Waals surface area contributed by atoms with E-state index in [9.17, 15) is 9.90 Å². The van der Waals surface area contributed by atoms with Gasteiger partial charge in [-0.1, -0.05) is 39.3 Å². The summed E-state index contributed by atoms with van der Waals surface area (Å²) in [6.07, 6.45) is 7.94. The second-order valence-electron chi connectivity index (χ2n) is 9.70. The van der Waals surface area contributed by atoms with Crippen LogP contribution in [0.4, 0.5) is 0 Å². The van der Waals surface area contributed by atoms with Crippen LogP contribution in [0.1, 0.15) is 72.1 Å². The SMILES string of the molecule is C=C1C[C@@]23CC[C@@H]4C(C)(C)CCC[C@@]4(C)[C@]2(O)C(=O)C[C@@H]1C3. The largest absolute Gasteiger partial charge is 0.381 e. The molecule has 0 amide bonds. The highest BCUT2D eigenvalue weighted by Crippen LogP contribution is 2.72. The van der Waals surface area contributed by atoms with Crippen molar-refractivity contribution in [3.63, 3.8) is 0 Å². The van der Waals surface area contributed by atoms with Crippen molar-refractivity contribution in [2.24, 2.45) is 28.1 Å². The summed E-state index contributed by atoms with van der Waals surface area (Å²) in [6, 6.07) is 0. The molecule has 4 saturated carbocycles. The molecule has 4 aliphatic carbocycles. The van der Waals surface area contributed by atoms with Crippen molar-refractivity contribution in [1.82, 2.24) is 0 Å². The summed E-state index contributed by atoms with van der Waals surface area (Å²) in [4.78, 5) is 13.1. The minimum atomic E-state index is -1.11. The third kappa shape index (κ3) is 1.44. The van der Waals surface area contributed by atoms with Crippen molar-refractivity contribution >= 4 is 5.78 Å². The number of Topliss-reactive ketones (excluding diaryl/α,β-unsaturated/α-hetero) is 1. The molecular weight excluding hydrogens is 272 g/mol. The maximum absolute atomic E-state index is 13.1. The van der Waals surface area contributed by atoms with Crippen LogP contribution in [0.2, 0.25) is 0 Å². The maximum Gasteiger partial charge on any atom is 0.166 e. The summed E-state index contributed by atoms with van der Waals surface area (Å²) in [5, 5.41) is 12.0. The predicted octanol–water partition coefficient (Wildman–Crippen LogP) is 4.27. The molecule has 122 valence electrons. The van der Waals surface area contributed by atoms with Crippen molar-refractivity contribution in [2.75, 3.05) is 0 Å². The molecule has 4 aliphatic rings. The summed E-state index contributed by atoms with van der Waals surface area (Å²) in [5.74, 6) is 0.926. The first-order valence-electron chi connectivity index (χ1n) is 9.10. The van der Waals surface area contributed by atoms with Gasteiger partial charge in [0.05, 0.1) is 0 Å². The lowest BCUT2D eigenvalue weighted by atomic mass is 9.39. The molecule has 2 heteroatoms. The first-order valence-corrected chi connectivity index (χ1v) is 9.10. The normalized spacial score (nSPS) is 53.1. The van der Waals surface area contributed by atoms with E-state index in [0.717, 1.165) is 32.1 Å². The molecule has 0 saturated heterocycles. The number of hydrogen-bond acceptors (Lipinski definition) is 2. The summed E-state index contributed by atoms with van der Waals surface area (Å²) in [6.45, 7) is 11.2. The molecule has 0 aromatic rings. The van der Waals surface area contributed by atoms with Crippen LogP contribution in [0.15, 0.2) is 12.2 Å². The van der Waals surface area contributed by atoms with E-state index >= 15 is 0 Å². The molecule has 2 nitrogen and oxygen atoms in total. The fourth-order valence-corrected chi connectivity index (χ4v) is 7.41. The molecule has 4 rings (SSSR count). The van der Waals surface area contributed by atoms with Gasteiger partial charge in [0.25, 0.3) is 0 Å². The molecule has 0 aliphatic heterocycles. The van der Waals surface area contributed by atoms with E-state index in [4.69, 9.17) is 0 Å². The van der Waals surface area contributed by atoms with E-state index in [2.05, 4.69) is 27.4 Å². The quantitative estimate of drug-likeness (QED) is 0.679. The van der Waals surface area contributed by atoms with E-state index in [0.29, 0.717) is 18.3 Å². The third-order valence-electron chi connectivity index (χ3n) is 8.35. The van der Waals surface area contributed by atoms with Gasteiger partial charge in [0.15, 0.2) is 5.78 Å². The molecule has 0 aromatic carbocycles. The van der Waals surface area contributed by atoms with Crippen LogP contribution in [0.25, 0.3) is 0 Å². The van der Waals surface area contributed by atoms with Gasteiger partial charge in [-0.3, -0.25) is 4.79 Å². The number of rotatable bonds is 0. The van der Waals surface area contributed by atoms with Gasteiger partial charge in [-0.25, -0.2) is 0 Å². The fraction of sp³-hybridized carbons (Fsp3) is 0.850. The van der Waals surface area contributed by atoms with Gasteiger partial charge in [-0.2, -0.15) is 0 Å². The smallest absolute Gasteiger partial charge is 0.166 e. The Bertz CT molecular complexity index is 562. The second-order valence-corrected chi connectivity index (χ2v) is 9.70. The number of carbonyl (C=O) groups is 1. The highest BCUT2D eigenvalue weighted by atomic mass is 16.3. The molecule has 5 atom stereocenters. The van der Waals surface area contributed by atoms with Crippen LogP contribution in [0, 0.1) is 28.1 Å². The minimum Gasteiger partial charge on any atom is -0.381 e. The van der Waals surface area contributed by atoms with E-state index in [1.165, 1.54) is 18.4 Å². The molecule has 1 spiro atoms. The molecule has 0 heterocycles. The lowest BCUT2D eigenvalue weighted by molar-refractivity contribution is -0.244. The Labute approximate surface area is 134 Å². The second kappa shape index (κ2) is 4.06. The first kappa shape index (κ1) is 14.9. The Morgan fingerprint density at radius 1 is 1.18 bits per heavy atom. The Hall–Kier alpha value is -0.630. The average Bonchev–Trinajstić information content (AvgIpc) is 2.68. The molecule has 4 fully saturated rings. The lowest BCUT2D eigenvalue weighted by Crippen LogP contribution is -2.71. The monoisotopic (exact) mass is 302 g/mol. The third-order valence-corrected chi connectivity index (χ3v) is 8.35. The standard InChI is InChI=1S/C20H30O2/c1-13-11-19-9-6-15-17(2,3)7-5-8-18(15,4)20(19,22)16(21)10-14(13)12-19/h14-15,22H,1,5-12H2,2-4H3/t14-,15-,18-,19-,20-/m1/s1. The van der Waals surface area contributed by atoms with Crippen molar-refractivity contribution in [3.8, 4) is 0 Å². The zero-order valence-electron chi connectivity index (χ0n) is 14.4. The number of carbonyl (C=O) groups excluding carboxylic acids is 1. The number of aliphatic hydroxyl groups is 1. The minimum absolute atomic E-state index is 0.132. The molecule has 22 heavy (non-hydrogen) atoms. The maximum atomic E-state index is 13.1. The van der Waals surface area contributed by atoms with Crippen LogP contribution in [0.3, 0.4) is 0 Å². The summed E-state index contributed by atoms with van der Waals surface area (Å²) in [7, 11) is 0. The topological polar surface area (TPSA) is 37.3 Å². The number of allylic oxidation sites excluding steroid dienone is 1. The van der Waals surface area contributed by atoms with Crippen molar-refractivity contribution < 1.29 is 9.90 Å². The lowest BCUT2D eigenvalue weighted by Gasteiger charge is -2.66. The van der Waals surface area contributed by atoms with Gasteiger partial charge in [0.2, 0.25) is 0 Å². The van der Waals surface area contributed by atoms with Crippen molar-refractivity contribution in [3.05, 3.63) is 12.2 Å². The van der Waals surface area contributed by atoms with Crippen LogP contribution in [-0.4, -0.2) is 16.5 Å². The van der Waals surface area contributed by atoms with Gasteiger partial charge in [-0.15, -0.1) is 0 Å². The summed E-state index contributed by atoms with van der Waals surface area (Å²) < 4.78 is 0. The van der Waals surface area contributed by atoms with Crippen LogP contribution < -0.4 is 0 Å². The van der Waals surface area contributed by atoms with E-state index in [-0.39, 0.29) is 22.0 Å². The van der Waals surface area contributed by atoms with Gasteiger partial charge in [0.1, 0.15) is 5.60 Å². The van der Waals surface area contributed by atoms with Gasteiger partial charge >= 0.3 is 0 Å². The summed E-state index contributed by atoms with van der Waals surface area (Å²) >= 11 is 0. The van der Waals surface area contributed by atoms with Crippen LogP contribution in [0.5, 0.6) is 0 Å². The van der Waals surface area contributed by atoms with Crippen LogP contribution >= 0.6 is 0 Å². The zero-order chi connectivity index (χ0) is 16.0. The Kier molecular flexibility index (Phi) is 2.76. The van der Waals surface area contributed by atoms with E-state index < -0.39 is 5.60 Å². The van der Waals surface area contributed by atoms with Crippen molar-refractivity contribution in [2.45, 2.75) is 77.7 Å². The molecule has 1 N–H and O–H groups in total. The highest BCUT2D eigenvalue weighted by Gasteiger charge is 2.74. The van der Waals surface area contributed by atoms with Crippen molar-refractivity contribution in [1.29, 1.82) is 0 Å². The van der Waals surface area contributed by atoms with Gasteiger partial charge in [-0.05, 0) is 55.8 Å². The number of ketones is 1. The molecular formula is C20H30O2. The molecule has 0 unspecified atom stereocenters. The zero-order valence-corrected chi connectivity index (χ0v) is 14.4. The average molecular weight is 302 g/mol. The van der Waals surface area contributed by atoms with E-state index in [1.807, 2.05) is 0 Å². The van der Waals surface area contributed by atoms with Crippen LogP contribution in [-0.2, 0) is 4.79 Å². The molecule has 2 bridgehead atoms. The number of hydrogen-bond donors (Lipinski definition) is 1. The Morgan fingerprint density at radius 3 is 2.64 bits per heavy atom. The fourth-order valence-electron chi connectivity index (χ4n) is 7.41. The number of fused-ring (bicyclic) bond motifs is 3. The Balaban J connectivity index is 1.88. The van der Waals surface area contributed by atoms with Gasteiger partial charge in [0, 0.05) is 17.3 Å².